The van der Waals surface area contributed by atoms with Crippen molar-refractivity contribution in [1.29, 1.82) is 0 Å². The van der Waals surface area contributed by atoms with E-state index in [4.69, 9.17) is 4.42 Å². The Kier molecular flexibility index (Phi) is 8.30. The molecule has 9 nitrogen and oxygen atoms in total. The molecule has 2 heterocycles. The Bertz CT molecular complexity index is 1350. The minimum absolute atomic E-state index is 0.0361. The van der Waals surface area contributed by atoms with Crippen LogP contribution in [0.15, 0.2) is 70.2 Å². The molecule has 0 aliphatic carbocycles. The number of benzene rings is 2. The maximum Gasteiger partial charge on any atom is 0.252 e. The van der Waals surface area contributed by atoms with E-state index in [9.17, 15) is 18.0 Å². The topological polar surface area (TPSA) is 130 Å². The van der Waals surface area contributed by atoms with Gasteiger partial charge >= 0.3 is 0 Å². The first-order valence-corrected chi connectivity index (χ1v) is 13.8. The van der Waals surface area contributed by atoms with E-state index in [1.807, 2.05) is 36.4 Å². The van der Waals surface area contributed by atoms with Gasteiger partial charge in [0.05, 0.1) is 11.2 Å². The molecule has 2 aromatic carbocycles. The molecule has 0 spiro atoms. The zero-order valence-electron chi connectivity index (χ0n) is 20.9. The van der Waals surface area contributed by atoms with Gasteiger partial charge in [-0.1, -0.05) is 18.2 Å². The van der Waals surface area contributed by atoms with Crippen molar-refractivity contribution in [3.05, 3.63) is 72.0 Å². The van der Waals surface area contributed by atoms with E-state index in [0.717, 1.165) is 29.7 Å². The molecule has 1 atom stereocenters. The Balaban J connectivity index is 1.59. The third-order valence-electron chi connectivity index (χ3n) is 5.94. The number of anilines is 1. The number of hydrogen-bond donors (Lipinski definition) is 4. The van der Waals surface area contributed by atoms with Crippen molar-refractivity contribution in [3.63, 3.8) is 0 Å². The molecule has 0 radical (unpaired) electrons. The summed E-state index contributed by atoms with van der Waals surface area (Å²) in [6, 6.07) is 14.9. The Morgan fingerprint density at radius 3 is 2.70 bits per heavy atom. The van der Waals surface area contributed by atoms with Crippen LogP contribution in [-0.4, -0.2) is 38.9 Å². The smallest absolute Gasteiger partial charge is 0.252 e. The van der Waals surface area contributed by atoms with E-state index in [-0.39, 0.29) is 22.4 Å². The summed E-state index contributed by atoms with van der Waals surface area (Å²) in [6.45, 7) is 4.42. The quantitative estimate of drug-likeness (QED) is 0.338. The SMILES string of the molecule is CC(C)NS(=O)(=O)c1cc(NCc2cccc(-c3ccco3)c2)cc(C(=O)N[C@H]2CCCCNC2=O)c1. The summed E-state index contributed by atoms with van der Waals surface area (Å²) in [6.07, 6.45) is 3.80. The molecule has 0 unspecified atom stereocenters. The van der Waals surface area contributed by atoms with Crippen molar-refractivity contribution in [1.82, 2.24) is 15.4 Å². The molecule has 4 N–H and O–H groups in total. The first-order valence-electron chi connectivity index (χ1n) is 12.3. The maximum absolute atomic E-state index is 13.1. The number of furan rings is 1. The van der Waals surface area contributed by atoms with Gasteiger partial charge in [-0.15, -0.1) is 0 Å². The standard InChI is InChI=1S/C27H32N4O5S/c1-18(2)31-37(34,35)23-15-21(26(32)30-24-9-3-4-11-28-27(24)33)14-22(16-23)29-17-19-7-5-8-20(13-19)25-10-6-12-36-25/h5-8,10,12-16,18,24,29,31H,3-4,9,11,17H2,1-2H3,(H,28,33)(H,30,32)/t24-/m0/s1. The van der Waals surface area contributed by atoms with Gasteiger partial charge in [0.2, 0.25) is 15.9 Å². The van der Waals surface area contributed by atoms with Gasteiger partial charge in [-0.05, 0) is 75.1 Å². The second kappa shape index (κ2) is 11.6. The molecule has 1 fully saturated rings. The van der Waals surface area contributed by atoms with Crippen LogP contribution in [0.3, 0.4) is 0 Å². The van der Waals surface area contributed by atoms with Gasteiger partial charge < -0.3 is 20.4 Å². The van der Waals surface area contributed by atoms with Gasteiger partial charge in [-0.3, -0.25) is 9.59 Å². The van der Waals surface area contributed by atoms with E-state index in [0.29, 0.717) is 25.2 Å². The zero-order chi connectivity index (χ0) is 26.4. The molecule has 1 aliphatic rings. The van der Waals surface area contributed by atoms with Crippen LogP contribution in [0.5, 0.6) is 0 Å². The van der Waals surface area contributed by atoms with Crippen LogP contribution < -0.4 is 20.7 Å². The number of rotatable bonds is 9. The van der Waals surface area contributed by atoms with Crippen molar-refractivity contribution in [2.24, 2.45) is 0 Å². The van der Waals surface area contributed by atoms with E-state index < -0.39 is 22.0 Å². The summed E-state index contributed by atoms with van der Waals surface area (Å²) in [5.41, 5.74) is 2.48. The fourth-order valence-corrected chi connectivity index (χ4v) is 5.49. The molecule has 1 saturated heterocycles. The molecule has 0 bridgehead atoms. The van der Waals surface area contributed by atoms with Gasteiger partial charge in [-0.2, -0.15) is 0 Å². The van der Waals surface area contributed by atoms with E-state index >= 15 is 0 Å². The molecule has 37 heavy (non-hydrogen) atoms. The van der Waals surface area contributed by atoms with Crippen molar-refractivity contribution in [3.8, 4) is 11.3 Å². The Hall–Kier alpha value is -3.63. The maximum atomic E-state index is 13.1. The second-order valence-electron chi connectivity index (χ2n) is 9.37. The van der Waals surface area contributed by atoms with Crippen molar-refractivity contribution >= 4 is 27.5 Å². The first-order chi connectivity index (χ1) is 17.7. The van der Waals surface area contributed by atoms with Crippen LogP contribution >= 0.6 is 0 Å². The summed E-state index contributed by atoms with van der Waals surface area (Å²) in [5.74, 6) is 0.00797. The molecule has 2 amide bonds. The van der Waals surface area contributed by atoms with Gasteiger partial charge in [0.25, 0.3) is 5.91 Å². The third kappa shape index (κ3) is 6.99. The fourth-order valence-electron chi connectivity index (χ4n) is 4.17. The lowest BCUT2D eigenvalue weighted by atomic mass is 10.1. The zero-order valence-corrected chi connectivity index (χ0v) is 21.7. The van der Waals surface area contributed by atoms with Gasteiger partial charge in [0, 0.05) is 35.9 Å². The van der Waals surface area contributed by atoms with Crippen LogP contribution in [0, 0.1) is 0 Å². The normalized spacial score (nSPS) is 16.2. The number of carbonyl (C=O) groups excluding carboxylic acids is 2. The molecule has 0 saturated carbocycles. The fraction of sp³-hybridized carbons (Fsp3) is 0.333. The lowest BCUT2D eigenvalue weighted by Crippen LogP contribution is -2.45. The van der Waals surface area contributed by atoms with E-state index in [2.05, 4.69) is 20.7 Å². The molecule has 196 valence electrons. The predicted molar refractivity (Wildman–Crippen MR) is 141 cm³/mol. The van der Waals surface area contributed by atoms with Gasteiger partial charge in [0.15, 0.2) is 0 Å². The second-order valence-corrected chi connectivity index (χ2v) is 11.1. The minimum atomic E-state index is -3.87. The highest BCUT2D eigenvalue weighted by Gasteiger charge is 2.25. The average molecular weight is 525 g/mol. The molecular formula is C27H32N4O5S. The monoisotopic (exact) mass is 524 g/mol. The Morgan fingerprint density at radius 1 is 1.11 bits per heavy atom. The first kappa shape index (κ1) is 26.4. The van der Waals surface area contributed by atoms with Crippen molar-refractivity contribution in [2.45, 2.75) is 56.6 Å². The van der Waals surface area contributed by atoms with E-state index in [1.165, 1.54) is 12.1 Å². The van der Waals surface area contributed by atoms with Crippen LogP contribution in [0.4, 0.5) is 5.69 Å². The summed E-state index contributed by atoms with van der Waals surface area (Å²) < 4.78 is 34.0. The molecule has 1 aliphatic heterocycles. The lowest BCUT2D eigenvalue weighted by Gasteiger charge is -2.17. The number of sulfonamides is 1. The van der Waals surface area contributed by atoms with Crippen LogP contribution in [0.25, 0.3) is 11.3 Å². The van der Waals surface area contributed by atoms with E-state index in [1.54, 1.807) is 26.2 Å². The molecular weight excluding hydrogens is 492 g/mol. The van der Waals surface area contributed by atoms with Crippen LogP contribution in [-0.2, 0) is 21.4 Å². The van der Waals surface area contributed by atoms with Gasteiger partial charge in [0.1, 0.15) is 11.8 Å². The average Bonchev–Trinajstić information content (AvgIpc) is 3.33. The highest BCUT2D eigenvalue weighted by molar-refractivity contribution is 7.89. The summed E-state index contributed by atoms with van der Waals surface area (Å²) in [4.78, 5) is 25.4. The predicted octanol–water partition coefficient (Wildman–Crippen LogP) is 3.64. The molecule has 10 heteroatoms. The van der Waals surface area contributed by atoms with Crippen LogP contribution in [0.2, 0.25) is 0 Å². The number of carbonyl (C=O) groups is 2. The highest BCUT2D eigenvalue weighted by Crippen LogP contribution is 2.23. The number of amides is 2. The number of nitrogens with one attached hydrogen (secondary N) is 4. The molecule has 3 aromatic rings. The lowest BCUT2D eigenvalue weighted by molar-refractivity contribution is -0.122. The molecule has 1 aromatic heterocycles. The van der Waals surface area contributed by atoms with Crippen molar-refractivity contribution < 1.29 is 22.4 Å². The highest BCUT2D eigenvalue weighted by atomic mass is 32.2. The minimum Gasteiger partial charge on any atom is -0.464 e. The van der Waals surface area contributed by atoms with Gasteiger partial charge in [-0.25, -0.2) is 13.1 Å². The van der Waals surface area contributed by atoms with Crippen molar-refractivity contribution in [2.75, 3.05) is 11.9 Å². The van der Waals surface area contributed by atoms with Crippen LogP contribution in [0.1, 0.15) is 49.0 Å². The third-order valence-corrected chi connectivity index (χ3v) is 7.58. The molecule has 4 rings (SSSR count). The Morgan fingerprint density at radius 2 is 1.95 bits per heavy atom. The summed E-state index contributed by atoms with van der Waals surface area (Å²) in [7, 11) is -3.87. The summed E-state index contributed by atoms with van der Waals surface area (Å²) in [5, 5.41) is 8.79. The summed E-state index contributed by atoms with van der Waals surface area (Å²) >= 11 is 0. The Labute approximate surface area is 217 Å². The largest absolute Gasteiger partial charge is 0.464 e. The number of hydrogen-bond acceptors (Lipinski definition) is 6.